The van der Waals surface area contributed by atoms with E-state index in [1.54, 1.807) is 6.92 Å². The Hall–Kier alpha value is -1.03. The van der Waals surface area contributed by atoms with Crippen LogP contribution in [0.3, 0.4) is 0 Å². The van der Waals surface area contributed by atoms with Gasteiger partial charge in [0.2, 0.25) is 0 Å². The van der Waals surface area contributed by atoms with E-state index in [1.807, 2.05) is 13.2 Å². The smallest absolute Gasteiger partial charge is 0.0230 e. The van der Waals surface area contributed by atoms with Crippen molar-refractivity contribution in [3.8, 4) is 0 Å². The van der Waals surface area contributed by atoms with Gasteiger partial charge >= 0.3 is 0 Å². The van der Waals surface area contributed by atoms with Gasteiger partial charge in [0.05, 0.1) is 0 Å². The third-order valence-corrected chi connectivity index (χ3v) is 2.24. The molecule has 0 aromatic rings. The predicted octanol–water partition coefficient (Wildman–Crippen LogP) is 2.27. The maximum Gasteiger partial charge on any atom is 0.0230 e. The zero-order valence-corrected chi connectivity index (χ0v) is 10.1. The Labute approximate surface area is 93.4 Å². The number of hydrogen-bond acceptors (Lipinski definition) is 3. The molecule has 3 nitrogen and oxygen atoms in total. The van der Waals surface area contributed by atoms with Gasteiger partial charge in [-0.15, -0.1) is 0 Å². The Morgan fingerprint density at radius 1 is 1.64 bits per heavy atom. The van der Waals surface area contributed by atoms with Crippen molar-refractivity contribution in [1.29, 1.82) is 5.41 Å². The summed E-state index contributed by atoms with van der Waals surface area (Å²) in [6, 6.07) is 0. The van der Waals surface area contributed by atoms with Crippen molar-refractivity contribution in [3.05, 3.63) is 34.1 Å². The van der Waals surface area contributed by atoms with Crippen LogP contribution in [0.25, 0.3) is 0 Å². The standard InChI is InChI=1S/C10H16BrN3/c1-7(11)10(6-14-3)4-9(5-12)8(2)13/h5-6,12,14H,1,4,13H2,2-3H3/b9-8?,10-6-,12-5?. The predicted molar refractivity (Wildman–Crippen MR) is 65.5 cm³/mol. The number of hydrogen-bond donors (Lipinski definition) is 3. The van der Waals surface area contributed by atoms with E-state index < -0.39 is 0 Å². The Morgan fingerprint density at radius 3 is 2.50 bits per heavy atom. The first-order valence-corrected chi connectivity index (χ1v) is 4.99. The lowest BCUT2D eigenvalue weighted by Crippen LogP contribution is -2.03. The molecule has 0 atom stereocenters. The zero-order chi connectivity index (χ0) is 11.1. The summed E-state index contributed by atoms with van der Waals surface area (Å²) in [5, 5.41) is 10.1. The molecule has 78 valence electrons. The third-order valence-electron chi connectivity index (χ3n) is 1.73. The maximum atomic E-state index is 7.20. The van der Waals surface area contributed by atoms with Crippen molar-refractivity contribution >= 4 is 22.1 Å². The highest BCUT2D eigenvalue weighted by Gasteiger charge is 2.04. The molecule has 4 N–H and O–H groups in total. The lowest BCUT2D eigenvalue weighted by atomic mass is 10.1. The van der Waals surface area contributed by atoms with Crippen molar-refractivity contribution in [1.82, 2.24) is 5.32 Å². The van der Waals surface area contributed by atoms with Gasteiger partial charge in [0, 0.05) is 36.1 Å². The van der Waals surface area contributed by atoms with E-state index in [9.17, 15) is 0 Å². The monoisotopic (exact) mass is 257 g/mol. The fourth-order valence-electron chi connectivity index (χ4n) is 0.909. The topological polar surface area (TPSA) is 61.9 Å². The van der Waals surface area contributed by atoms with Crippen LogP contribution in [0.2, 0.25) is 0 Å². The lowest BCUT2D eigenvalue weighted by Gasteiger charge is -2.07. The van der Waals surface area contributed by atoms with Gasteiger partial charge < -0.3 is 16.5 Å². The minimum absolute atomic E-state index is 0.608. The van der Waals surface area contributed by atoms with Crippen molar-refractivity contribution in [2.24, 2.45) is 5.73 Å². The van der Waals surface area contributed by atoms with Crippen LogP contribution < -0.4 is 11.1 Å². The molecule has 0 aromatic heterocycles. The van der Waals surface area contributed by atoms with Crippen molar-refractivity contribution in [3.63, 3.8) is 0 Å². The molecule has 0 unspecified atom stereocenters. The highest BCUT2D eigenvalue weighted by molar-refractivity contribution is 9.11. The van der Waals surface area contributed by atoms with E-state index in [0.717, 1.165) is 15.6 Å². The second-order valence-electron chi connectivity index (χ2n) is 2.89. The molecule has 0 aliphatic rings. The maximum absolute atomic E-state index is 7.20. The summed E-state index contributed by atoms with van der Waals surface area (Å²) in [5.74, 6) is 0. The Kier molecular flexibility index (Phi) is 5.95. The highest BCUT2D eigenvalue weighted by atomic mass is 79.9. The van der Waals surface area contributed by atoms with Gasteiger partial charge in [-0.3, -0.25) is 0 Å². The first kappa shape index (κ1) is 13.0. The fraction of sp³-hybridized carbons (Fsp3) is 0.300. The van der Waals surface area contributed by atoms with Crippen molar-refractivity contribution in [2.45, 2.75) is 13.3 Å². The molecule has 0 aromatic carbocycles. The van der Waals surface area contributed by atoms with Crippen LogP contribution in [-0.4, -0.2) is 13.3 Å². The van der Waals surface area contributed by atoms with Crippen molar-refractivity contribution < 1.29 is 0 Å². The molecule has 0 saturated carbocycles. The summed E-state index contributed by atoms with van der Waals surface area (Å²) >= 11 is 3.31. The molecule has 0 heterocycles. The van der Waals surface area contributed by atoms with Gasteiger partial charge in [0.25, 0.3) is 0 Å². The number of rotatable bonds is 5. The number of nitrogens with one attached hydrogen (secondary N) is 2. The van der Waals surface area contributed by atoms with Gasteiger partial charge in [-0.2, -0.15) is 0 Å². The number of nitrogens with two attached hydrogens (primary N) is 1. The van der Waals surface area contributed by atoms with Crippen LogP contribution in [0.5, 0.6) is 0 Å². The molecule has 0 aliphatic heterocycles. The molecule has 0 bridgehead atoms. The van der Waals surface area contributed by atoms with Gasteiger partial charge in [0.15, 0.2) is 0 Å². The van der Waals surface area contributed by atoms with Gasteiger partial charge in [-0.25, -0.2) is 0 Å². The molecule has 0 radical (unpaired) electrons. The average Bonchev–Trinajstić information content (AvgIpc) is 2.11. The van der Waals surface area contributed by atoms with Crippen LogP contribution in [0.1, 0.15) is 13.3 Å². The van der Waals surface area contributed by atoms with E-state index in [4.69, 9.17) is 11.1 Å². The molecule has 0 rings (SSSR count). The Balaban J connectivity index is 4.77. The number of allylic oxidation sites excluding steroid dienone is 4. The Morgan fingerprint density at radius 2 is 2.21 bits per heavy atom. The van der Waals surface area contributed by atoms with Crippen LogP contribution in [0.4, 0.5) is 0 Å². The van der Waals surface area contributed by atoms with E-state index in [-0.39, 0.29) is 0 Å². The van der Waals surface area contributed by atoms with Gasteiger partial charge in [0.1, 0.15) is 0 Å². The van der Waals surface area contributed by atoms with E-state index in [2.05, 4.69) is 27.8 Å². The summed E-state index contributed by atoms with van der Waals surface area (Å²) in [7, 11) is 1.82. The van der Waals surface area contributed by atoms with Crippen LogP contribution in [0.15, 0.2) is 34.1 Å². The minimum atomic E-state index is 0.608. The van der Waals surface area contributed by atoms with E-state index in [0.29, 0.717) is 12.1 Å². The third kappa shape index (κ3) is 4.28. The van der Waals surface area contributed by atoms with E-state index in [1.165, 1.54) is 6.21 Å². The summed E-state index contributed by atoms with van der Waals surface area (Å²) in [5.41, 5.74) is 8.07. The largest absolute Gasteiger partial charge is 0.402 e. The second kappa shape index (κ2) is 6.43. The normalized spacial score (nSPS) is 13.2. The summed E-state index contributed by atoms with van der Waals surface area (Å²) in [6.07, 6.45) is 3.72. The quantitative estimate of drug-likeness (QED) is 0.523. The second-order valence-corrected chi connectivity index (χ2v) is 3.85. The summed E-state index contributed by atoms with van der Waals surface area (Å²) in [6.45, 7) is 5.58. The molecule has 4 heteroatoms. The molecule has 0 amide bonds. The first-order valence-electron chi connectivity index (χ1n) is 4.19. The molecule has 0 aliphatic carbocycles. The van der Waals surface area contributed by atoms with Gasteiger partial charge in [-0.1, -0.05) is 22.5 Å². The molecule has 14 heavy (non-hydrogen) atoms. The van der Waals surface area contributed by atoms with Crippen LogP contribution >= 0.6 is 15.9 Å². The molecular formula is C10H16BrN3. The SMILES string of the molecule is C=C(Br)/C(=C\NC)CC(C=N)=C(C)N. The van der Waals surface area contributed by atoms with Crippen LogP contribution in [0, 0.1) is 5.41 Å². The summed E-state index contributed by atoms with van der Waals surface area (Å²) < 4.78 is 0.799. The Bertz CT molecular complexity index is 286. The number of halogens is 1. The molecule has 0 fully saturated rings. The molecule has 0 spiro atoms. The average molecular weight is 258 g/mol. The first-order chi connectivity index (χ1) is 6.52. The molecular weight excluding hydrogens is 242 g/mol. The van der Waals surface area contributed by atoms with Crippen LogP contribution in [-0.2, 0) is 0 Å². The highest BCUT2D eigenvalue weighted by Crippen LogP contribution is 2.21. The summed E-state index contributed by atoms with van der Waals surface area (Å²) in [4.78, 5) is 0. The zero-order valence-electron chi connectivity index (χ0n) is 8.52. The molecule has 0 saturated heterocycles. The van der Waals surface area contributed by atoms with Gasteiger partial charge in [-0.05, 0) is 18.1 Å². The lowest BCUT2D eigenvalue weighted by molar-refractivity contribution is 1.05. The minimum Gasteiger partial charge on any atom is -0.402 e. The fourth-order valence-corrected chi connectivity index (χ4v) is 1.16. The van der Waals surface area contributed by atoms with Crippen molar-refractivity contribution in [2.75, 3.05) is 7.05 Å². The van der Waals surface area contributed by atoms with E-state index >= 15 is 0 Å².